The quantitative estimate of drug-likeness (QED) is 0.778. The van der Waals surface area contributed by atoms with Gasteiger partial charge in [0.25, 0.3) is 0 Å². The highest BCUT2D eigenvalue weighted by Gasteiger charge is 2.48. The number of carbonyl (C=O) groups excluding carboxylic acids is 1. The normalized spacial score (nSPS) is 25.9. The molecule has 19 heavy (non-hydrogen) atoms. The summed E-state index contributed by atoms with van der Waals surface area (Å²) < 4.78 is 43.6. The highest BCUT2D eigenvalue weighted by molar-refractivity contribution is 9.09. The third kappa shape index (κ3) is 4.95. The molecule has 1 amide bonds. The van der Waals surface area contributed by atoms with Gasteiger partial charge in [0.1, 0.15) is 0 Å². The van der Waals surface area contributed by atoms with Gasteiger partial charge in [-0.05, 0) is 12.8 Å². The fraction of sp³-hybridized carbons (Fsp3) is 0.917. The minimum atomic E-state index is -4.30. The van der Waals surface area contributed by atoms with Gasteiger partial charge < -0.3 is 10.1 Å². The zero-order chi connectivity index (χ0) is 14.5. The third-order valence-electron chi connectivity index (χ3n) is 3.42. The van der Waals surface area contributed by atoms with Gasteiger partial charge in [-0.2, -0.15) is 13.2 Å². The molecule has 3 unspecified atom stereocenters. The Morgan fingerprint density at radius 3 is 2.58 bits per heavy atom. The van der Waals surface area contributed by atoms with Gasteiger partial charge in [-0.1, -0.05) is 28.8 Å². The van der Waals surface area contributed by atoms with Gasteiger partial charge in [0.15, 0.2) is 0 Å². The summed E-state index contributed by atoms with van der Waals surface area (Å²) in [7, 11) is 1.49. The van der Waals surface area contributed by atoms with Crippen molar-refractivity contribution in [3.05, 3.63) is 0 Å². The molecule has 1 saturated carbocycles. The van der Waals surface area contributed by atoms with Crippen molar-refractivity contribution in [2.24, 2.45) is 11.8 Å². The number of halogens is 4. The van der Waals surface area contributed by atoms with Crippen LogP contribution in [0, 0.1) is 11.8 Å². The summed E-state index contributed by atoms with van der Waals surface area (Å²) in [5, 5.41) is 3.08. The Bertz CT molecular complexity index is 299. The van der Waals surface area contributed by atoms with Crippen LogP contribution in [0.5, 0.6) is 0 Å². The molecule has 1 rings (SSSR count). The van der Waals surface area contributed by atoms with Gasteiger partial charge >= 0.3 is 6.18 Å². The number of hydrogen-bond acceptors (Lipinski definition) is 2. The minimum absolute atomic E-state index is 0.0465. The molecule has 0 heterocycles. The maximum absolute atomic E-state index is 12.9. The predicted octanol–water partition coefficient (Wildman–Crippen LogP) is 2.88. The standard InChI is InChI=1S/C12H19BrF3NO2/c1-19-7-8(6-13)17-11(18)9-4-2-3-5-10(9)12(14,15)16/h8-10H,2-7H2,1H3,(H,17,18). The Morgan fingerprint density at radius 1 is 1.42 bits per heavy atom. The Hall–Kier alpha value is -0.300. The molecule has 0 saturated heterocycles. The molecule has 112 valence electrons. The summed E-state index contributed by atoms with van der Waals surface area (Å²) in [6, 6.07) is -0.298. The number of nitrogens with one attached hydrogen (secondary N) is 1. The van der Waals surface area contributed by atoms with Crippen molar-refractivity contribution in [3.63, 3.8) is 0 Å². The fourth-order valence-electron chi connectivity index (χ4n) is 2.47. The second-order valence-electron chi connectivity index (χ2n) is 4.85. The Morgan fingerprint density at radius 2 is 2.05 bits per heavy atom. The first-order valence-electron chi connectivity index (χ1n) is 6.32. The lowest BCUT2D eigenvalue weighted by molar-refractivity contribution is -0.198. The summed E-state index contributed by atoms with van der Waals surface area (Å²) in [5.74, 6) is -2.99. The van der Waals surface area contributed by atoms with Crippen molar-refractivity contribution in [2.45, 2.75) is 37.9 Å². The number of amides is 1. The molecule has 0 aromatic heterocycles. The number of carbonyl (C=O) groups is 1. The maximum Gasteiger partial charge on any atom is 0.392 e. The van der Waals surface area contributed by atoms with Crippen molar-refractivity contribution >= 4 is 21.8 Å². The molecule has 3 atom stereocenters. The zero-order valence-electron chi connectivity index (χ0n) is 10.8. The zero-order valence-corrected chi connectivity index (χ0v) is 12.4. The first kappa shape index (κ1) is 16.8. The predicted molar refractivity (Wildman–Crippen MR) is 69.1 cm³/mol. The minimum Gasteiger partial charge on any atom is -0.383 e. The van der Waals surface area contributed by atoms with Crippen molar-refractivity contribution in [2.75, 3.05) is 19.0 Å². The van der Waals surface area contributed by atoms with Crippen LogP contribution in [-0.4, -0.2) is 37.2 Å². The Kier molecular flexibility index (Phi) is 6.59. The van der Waals surface area contributed by atoms with E-state index >= 15 is 0 Å². The van der Waals surface area contributed by atoms with E-state index < -0.39 is 23.9 Å². The van der Waals surface area contributed by atoms with Crippen molar-refractivity contribution < 1.29 is 22.7 Å². The first-order valence-corrected chi connectivity index (χ1v) is 7.44. The smallest absolute Gasteiger partial charge is 0.383 e. The van der Waals surface area contributed by atoms with Crippen LogP contribution in [0.1, 0.15) is 25.7 Å². The summed E-state index contributed by atoms with van der Waals surface area (Å²) in [5.41, 5.74) is 0. The molecule has 7 heteroatoms. The summed E-state index contributed by atoms with van der Waals surface area (Å²) in [4.78, 5) is 12.0. The molecule has 0 spiro atoms. The van der Waals surface area contributed by atoms with Crippen LogP contribution in [-0.2, 0) is 9.53 Å². The lowest BCUT2D eigenvalue weighted by Crippen LogP contribution is -2.47. The second kappa shape index (κ2) is 7.47. The summed E-state index contributed by atoms with van der Waals surface area (Å²) in [6.45, 7) is 0.278. The van der Waals surface area contributed by atoms with Crippen molar-refractivity contribution in [1.29, 1.82) is 0 Å². The molecule has 0 radical (unpaired) electrons. The topological polar surface area (TPSA) is 38.3 Å². The van der Waals surface area contributed by atoms with Gasteiger partial charge in [0.05, 0.1) is 18.6 Å². The maximum atomic E-state index is 12.9. The van der Waals surface area contributed by atoms with E-state index in [2.05, 4.69) is 21.2 Å². The van der Waals surface area contributed by atoms with Crippen LogP contribution < -0.4 is 5.32 Å². The molecule has 0 aromatic rings. The van der Waals surface area contributed by atoms with E-state index in [1.54, 1.807) is 0 Å². The molecule has 1 aliphatic rings. The largest absolute Gasteiger partial charge is 0.392 e. The van der Waals surface area contributed by atoms with Crippen LogP contribution >= 0.6 is 15.9 Å². The van der Waals surface area contributed by atoms with Gasteiger partial charge in [-0.3, -0.25) is 4.79 Å². The average molecular weight is 346 g/mol. The molecular weight excluding hydrogens is 327 g/mol. The monoisotopic (exact) mass is 345 g/mol. The van der Waals surface area contributed by atoms with Crippen molar-refractivity contribution in [1.82, 2.24) is 5.32 Å². The summed E-state index contributed by atoms with van der Waals surface area (Å²) >= 11 is 3.21. The lowest BCUT2D eigenvalue weighted by Gasteiger charge is -2.32. The van der Waals surface area contributed by atoms with E-state index in [-0.39, 0.29) is 19.1 Å². The van der Waals surface area contributed by atoms with Gasteiger partial charge in [-0.25, -0.2) is 0 Å². The van der Waals surface area contributed by atoms with Crippen LogP contribution in [0.3, 0.4) is 0 Å². The average Bonchev–Trinajstić information content (AvgIpc) is 2.37. The highest BCUT2D eigenvalue weighted by atomic mass is 79.9. The molecule has 1 N–H and O–H groups in total. The molecule has 1 fully saturated rings. The van der Waals surface area contributed by atoms with Crippen LogP contribution in [0.4, 0.5) is 13.2 Å². The van der Waals surface area contributed by atoms with Crippen molar-refractivity contribution in [3.8, 4) is 0 Å². The highest BCUT2D eigenvalue weighted by Crippen LogP contribution is 2.41. The van der Waals surface area contributed by atoms with E-state index in [1.807, 2.05) is 0 Å². The number of alkyl halides is 4. The molecular formula is C12H19BrF3NO2. The number of rotatable bonds is 5. The molecule has 3 nitrogen and oxygen atoms in total. The number of ether oxygens (including phenoxy) is 1. The van der Waals surface area contributed by atoms with Crippen LogP contribution in [0.25, 0.3) is 0 Å². The summed E-state index contributed by atoms with van der Waals surface area (Å²) in [6.07, 6.45) is -2.74. The van der Waals surface area contributed by atoms with E-state index in [4.69, 9.17) is 4.74 Å². The van der Waals surface area contributed by atoms with Crippen LogP contribution in [0.2, 0.25) is 0 Å². The fourth-order valence-corrected chi connectivity index (χ4v) is 2.82. The Balaban J connectivity index is 2.66. The molecule has 1 aliphatic carbocycles. The van der Waals surface area contributed by atoms with E-state index in [0.717, 1.165) is 0 Å². The van der Waals surface area contributed by atoms with Crippen LogP contribution in [0.15, 0.2) is 0 Å². The molecule has 0 aromatic carbocycles. The first-order chi connectivity index (χ1) is 8.90. The lowest BCUT2D eigenvalue weighted by atomic mass is 9.78. The Labute approximate surface area is 119 Å². The van der Waals surface area contributed by atoms with E-state index in [0.29, 0.717) is 24.6 Å². The third-order valence-corrected chi connectivity index (χ3v) is 4.21. The van der Waals surface area contributed by atoms with Gasteiger partial charge in [0.2, 0.25) is 5.91 Å². The number of hydrogen-bond donors (Lipinski definition) is 1. The van der Waals surface area contributed by atoms with Gasteiger partial charge in [-0.15, -0.1) is 0 Å². The van der Waals surface area contributed by atoms with E-state index in [9.17, 15) is 18.0 Å². The SMILES string of the molecule is COCC(CBr)NC(=O)C1CCCCC1C(F)(F)F. The number of methoxy groups -OCH3 is 1. The molecule has 0 aliphatic heterocycles. The second-order valence-corrected chi connectivity index (χ2v) is 5.50. The van der Waals surface area contributed by atoms with Gasteiger partial charge in [0, 0.05) is 18.4 Å². The molecule has 0 bridgehead atoms. The van der Waals surface area contributed by atoms with E-state index in [1.165, 1.54) is 7.11 Å².